The first kappa shape index (κ1) is 13.0. The summed E-state index contributed by atoms with van der Waals surface area (Å²) in [6.07, 6.45) is -5.94. The summed E-state index contributed by atoms with van der Waals surface area (Å²) in [5.41, 5.74) is 0. The molecule has 8 heteroatoms. The van der Waals surface area contributed by atoms with E-state index in [4.69, 9.17) is 11.6 Å². The van der Waals surface area contributed by atoms with Crippen LogP contribution < -0.4 is 5.32 Å². The maximum absolute atomic E-state index is 11.5. The molecule has 0 bridgehead atoms. The van der Waals surface area contributed by atoms with Crippen molar-refractivity contribution in [3.63, 3.8) is 0 Å². The topological polar surface area (TPSA) is 55.4 Å². The van der Waals surface area contributed by atoms with E-state index in [1.54, 1.807) is 0 Å². The molecule has 1 unspecified atom stereocenters. The first-order valence-electron chi connectivity index (χ1n) is 3.42. The third-order valence-corrected chi connectivity index (χ3v) is 1.37. The predicted octanol–water partition coefficient (Wildman–Crippen LogP) is 1.43. The highest BCUT2D eigenvalue weighted by Crippen LogP contribution is 2.14. The molecule has 0 saturated carbocycles. The molecule has 14 heavy (non-hydrogen) atoms. The monoisotopic (exact) mass is 233 g/mol. The van der Waals surface area contributed by atoms with Gasteiger partial charge < -0.3 is 10.1 Å². The standard InChI is InChI=1S/C6H7ClF3NO3/c1-3(4(7)12)11-5(13)14-2-6(8,9)10/h3H,2H2,1H3,(H,11,13). The zero-order valence-electron chi connectivity index (χ0n) is 7.02. The van der Waals surface area contributed by atoms with Crippen molar-refractivity contribution >= 4 is 22.9 Å². The fourth-order valence-electron chi connectivity index (χ4n) is 0.423. The van der Waals surface area contributed by atoms with Crippen molar-refractivity contribution in [1.29, 1.82) is 0 Å². The van der Waals surface area contributed by atoms with E-state index in [1.807, 2.05) is 5.32 Å². The Bertz CT molecular complexity index is 231. The second-order valence-electron chi connectivity index (χ2n) is 2.36. The van der Waals surface area contributed by atoms with Gasteiger partial charge in [-0.25, -0.2) is 4.79 Å². The number of halogens is 4. The van der Waals surface area contributed by atoms with Gasteiger partial charge in [0.15, 0.2) is 6.61 Å². The van der Waals surface area contributed by atoms with Gasteiger partial charge in [0.25, 0.3) is 0 Å². The first-order valence-corrected chi connectivity index (χ1v) is 3.79. The lowest BCUT2D eigenvalue weighted by atomic mass is 10.4. The maximum Gasteiger partial charge on any atom is 0.422 e. The number of nitrogens with one attached hydrogen (secondary N) is 1. The molecule has 0 aromatic rings. The zero-order chi connectivity index (χ0) is 11.4. The zero-order valence-corrected chi connectivity index (χ0v) is 7.78. The van der Waals surface area contributed by atoms with Gasteiger partial charge in [-0.05, 0) is 18.5 Å². The molecule has 0 rings (SSSR count). The summed E-state index contributed by atoms with van der Waals surface area (Å²) >= 11 is 4.93. The fourth-order valence-corrected chi connectivity index (χ4v) is 0.477. The molecular weight excluding hydrogens is 227 g/mol. The summed E-state index contributed by atoms with van der Waals surface area (Å²) in [6, 6.07) is -1.09. The average molecular weight is 234 g/mol. The van der Waals surface area contributed by atoms with Gasteiger partial charge in [0.05, 0.1) is 0 Å². The Balaban J connectivity index is 3.83. The highest BCUT2D eigenvalue weighted by Gasteiger charge is 2.30. The molecule has 0 aliphatic carbocycles. The number of amides is 1. The molecule has 4 nitrogen and oxygen atoms in total. The lowest BCUT2D eigenvalue weighted by molar-refractivity contribution is -0.160. The van der Waals surface area contributed by atoms with E-state index in [0.29, 0.717) is 0 Å². The van der Waals surface area contributed by atoms with Crippen molar-refractivity contribution in [2.75, 3.05) is 6.61 Å². The number of carbonyl (C=O) groups is 2. The third kappa shape index (κ3) is 6.53. The van der Waals surface area contributed by atoms with Gasteiger partial charge in [-0.2, -0.15) is 13.2 Å². The minimum absolute atomic E-state index is 0.894. The van der Waals surface area contributed by atoms with Gasteiger partial charge in [0.1, 0.15) is 6.04 Å². The van der Waals surface area contributed by atoms with E-state index in [0.717, 1.165) is 0 Å². The van der Waals surface area contributed by atoms with Crippen molar-refractivity contribution in [2.24, 2.45) is 0 Å². The van der Waals surface area contributed by atoms with Crippen molar-refractivity contribution in [3.8, 4) is 0 Å². The first-order chi connectivity index (χ1) is 6.22. The van der Waals surface area contributed by atoms with Crippen LogP contribution >= 0.6 is 11.6 Å². The summed E-state index contributed by atoms with van der Waals surface area (Å²) in [7, 11) is 0. The van der Waals surface area contributed by atoms with Crippen LogP contribution in [0.4, 0.5) is 18.0 Å². The van der Waals surface area contributed by atoms with Crippen LogP contribution in [0.5, 0.6) is 0 Å². The van der Waals surface area contributed by atoms with Crippen molar-refractivity contribution in [2.45, 2.75) is 19.1 Å². The molecule has 0 spiro atoms. The second kappa shape index (κ2) is 5.04. The maximum atomic E-state index is 11.5. The molecule has 0 saturated heterocycles. The summed E-state index contributed by atoms with van der Waals surface area (Å²) in [6.45, 7) is -0.494. The molecule has 0 radical (unpaired) electrons. The Kier molecular flexibility index (Phi) is 4.69. The van der Waals surface area contributed by atoms with Crippen molar-refractivity contribution in [1.82, 2.24) is 5.32 Å². The number of alkyl carbamates (subject to hydrolysis) is 1. The molecular formula is C6H7ClF3NO3. The Morgan fingerprint density at radius 1 is 1.50 bits per heavy atom. The molecule has 0 aromatic heterocycles. The fraction of sp³-hybridized carbons (Fsp3) is 0.667. The molecule has 0 heterocycles. The number of hydrogen-bond acceptors (Lipinski definition) is 3. The lowest BCUT2D eigenvalue weighted by Gasteiger charge is -2.11. The van der Waals surface area contributed by atoms with Crippen LogP contribution in [0.25, 0.3) is 0 Å². The average Bonchev–Trinajstić information content (AvgIpc) is 1.99. The summed E-state index contributed by atoms with van der Waals surface area (Å²) in [5.74, 6) is 0. The smallest absolute Gasteiger partial charge is 0.422 e. The normalized spacial score (nSPS) is 13.2. The van der Waals surface area contributed by atoms with Crippen LogP contribution in [0.3, 0.4) is 0 Å². The Hall–Kier alpha value is -0.980. The molecule has 0 aliphatic heterocycles. The molecule has 0 aliphatic rings. The minimum atomic E-state index is -4.59. The quantitative estimate of drug-likeness (QED) is 0.751. The molecule has 0 aromatic carbocycles. The van der Waals surface area contributed by atoms with Crippen LogP contribution in [-0.4, -0.2) is 30.2 Å². The van der Waals surface area contributed by atoms with Gasteiger partial charge in [-0.1, -0.05) is 0 Å². The number of carbonyl (C=O) groups excluding carboxylic acids is 2. The minimum Gasteiger partial charge on any atom is -0.440 e. The molecule has 82 valence electrons. The summed E-state index contributed by atoms with van der Waals surface area (Å²) < 4.78 is 38.3. The van der Waals surface area contributed by atoms with Gasteiger partial charge in [-0.3, -0.25) is 4.79 Å². The number of rotatable bonds is 3. The number of alkyl halides is 3. The lowest BCUT2D eigenvalue weighted by Crippen LogP contribution is -2.38. The van der Waals surface area contributed by atoms with Crippen LogP contribution in [-0.2, 0) is 9.53 Å². The van der Waals surface area contributed by atoms with E-state index in [2.05, 4.69) is 4.74 Å². The largest absolute Gasteiger partial charge is 0.440 e. The second-order valence-corrected chi connectivity index (χ2v) is 2.73. The van der Waals surface area contributed by atoms with Gasteiger partial charge in [-0.15, -0.1) is 0 Å². The van der Waals surface area contributed by atoms with E-state index in [1.165, 1.54) is 6.92 Å². The van der Waals surface area contributed by atoms with E-state index in [-0.39, 0.29) is 0 Å². The molecule has 0 fully saturated rings. The summed E-state index contributed by atoms with van der Waals surface area (Å²) in [4.78, 5) is 20.9. The third-order valence-electron chi connectivity index (χ3n) is 1.04. The Labute approximate surface area is 82.4 Å². The van der Waals surface area contributed by atoms with Crippen LogP contribution in [0.15, 0.2) is 0 Å². The molecule has 1 amide bonds. The van der Waals surface area contributed by atoms with E-state index in [9.17, 15) is 22.8 Å². The number of ether oxygens (including phenoxy) is 1. The van der Waals surface area contributed by atoms with Crippen LogP contribution in [0.2, 0.25) is 0 Å². The predicted molar refractivity (Wildman–Crippen MR) is 40.9 cm³/mol. The Morgan fingerprint density at radius 3 is 2.36 bits per heavy atom. The van der Waals surface area contributed by atoms with Crippen LogP contribution in [0.1, 0.15) is 6.92 Å². The van der Waals surface area contributed by atoms with Gasteiger partial charge in [0.2, 0.25) is 5.24 Å². The molecule has 1 N–H and O–H groups in total. The Morgan fingerprint density at radius 2 is 2.00 bits per heavy atom. The highest BCUT2D eigenvalue weighted by atomic mass is 35.5. The van der Waals surface area contributed by atoms with Gasteiger partial charge in [0, 0.05) is 0 Å². The van der Waals surface area contributed by atoms with Crippen LogP contribution in [0, 0.1) is 0 Å². The van der Waals surface area contributed by atoms with Gasteiger partial charge >= 0.3 is 12.3 Å². The van der Waals surface area contributed by atoms with E-state index < -0.39 is 30.2 Å². The van der Waals surface area contributed by atoms with Crippen molar-refractivity contribution < 1.29 is 27.5 Å². The SMILES string of the molecule is CC(NC(=O)OCC(F)(F)F)C(=O)Cl. The summed E-state index contributed by atoms with van der Waals surface area (Å²) in [5, 5.41) is 0.915. The molecule has 1 atom stereocenters. The number of hydrogen-bond donors (Lipinski definition) is 1. The van der Waals surface area contributed by atoms with Crippen molar-refractivity contribution in [3.05, 3.63) is 0 Å². The van der Waals surface area contributed by atoms with E-state index >= 15 is 0 Å². The highest BCUT2D eigenvalue weighted by molar-refractivity contribution is 6.64.